The number of rotatable bonds is 5. The van der Waals surface area contributed by atoms with Gasteiger partial charge in [-0.25, -0.2) is 4.79 Å². The Morgan fingerprint density at radius 1 is 1.41 bits per heavy atom. The summed E-state index contributed by atoms with van der Waals surface area (Å²) < 4.78 is 4.73. The Morgan fingerprint density at radius 2 is 2.06 bits per heavy atom. The molecule has 1 aromatic rings. The summed E-state index contributed by atoms with van der Waals surface area (Å²) >= 11 is 0. The third-order valence-electron chi connectivity index (χ3n) is 2.64. The van der Waals surface area contributed by atoms with Crippen LogP contribution in [0.5, 0.6) is 0 Å². The van der Waals surface area contributed by atoms with Crippen molar-refractivity contribution in [3.63, 3.8) is 0 Å². The lowest BCUT2D eigenvalue weighted by Gasteiger charge is -2.24. The molecular formula is C13H20N2O2. The highest BCUT2D eigenvalue weighted by atomic mass is 16.5. The number of esters is 1. The summed E-state index contributed by atoms with van der Waals surface area (Å²) in [4.78, 5) is 11.5. The second-order valence-corrected chi connectivity index (χ2v) is 4.76. The van der Waals surface area contributed by atoms with E-state index in [9.17, 15) is 4.79 Å². The van der Waals surface area contributed by atoms with Gasteiger partial charge in [-0.15, -0.1) is 0 Å². The smallest absolute Gasteiger partial charge is 0.339 e. The van der Waals surface area contributed by atoms with Crippen LogP contribution in [0.1, 0.15) is 24.2 Å². The minimum atomic E-state index is -0.335. The summed E-state index contributed by atoms with van der Waals surface area (Å²) in [7, 11) is 1.38. The van der Waals surface area contributed by atoms with Crippen molar-refractivity contribution >= 4 is 11.7 Å². The number of nitrogens with one attached hydrogen (secondary N) is 1. The van der Waals surface area contributed by atoms with Crippen LogP contribution < -0.4 is 11.1 Å². The summed E-state index contributed by atoms with van der Waals surface area (Å²) in [5.74, 6) is -0.335. The van der Waals surface area contributed by atoms with Crippen LogP contribution in [0.25, 0.3) is 0 Å². The summed E-state index contributed by atoms with van der Waals surface area (Å²) in [5, 5.41) is 3.24. The molecule has 0 saturated heterocycles. The normalized spacial score (nSPS) is 11.1. The van der Waals surface area contributed by atoms with Crippen molar-refractivity contribution in [1.29, 1.82) is 0 Å². The molecule has 4 nitrogen and oxygen atoms in total. The van der Waals surface area contributed by atoms with Crippen molar-refractivity contribution in [2.75, 3.05) is 25.5 Å². The fourth-order valence-corrected chi connectivity index (χ4v) is 1.33. The lowest BCUT2D eigenvalue weighted by molar-refractivity contribution is 0.0601. The van der Waals surface area contributed by atoms with Gasteiger partial charge >= 0.3 is 5.97 Å². The van der Waals surface area contributed by atoms with Gasteiger partial charge in [0.1, 0.15) is 0 Å². The van der Waals surface area contributed by atoms with Crippen molar-refractivity contribution in [2.45, 2.75) is 13.8 Å². The highest BCUT2D eigenvalue weighted by Crippen LogP contribution is 2.19. The number of para-hydroxylation sites is 1. The molecule has 94 valence electrons. The highest BCUT2D eigenvalue weighted by molar-refractivity contribution is 5.95. The average Bonchev–Trinajstić information content (AvgIpc) is 2.36. The van der Waals surface area contributed by atoms with Crippen molar-refractivity contribution in [3.05, 3.63) is 29.8 Å². The van der Waals surface area contributed by atoms with E-state index in [4.69, 9.17) is 10.5 Å². The van der Waals surface area contributed by atoms with E-state index in [1.165, 1.54) is 7.11 Å². The number of methoxy groups -OCH3 is 1. The molecule has 1 rings (SSSR count). The zero-order valence-electron chi connectivity index (χ0n) is 10.6. The van der Waals surface area contributed by atoms with Crippen LogP contribution in [0, 0.1) is 5.41 Å². The first kappa shape index (κ1) is 13.5. The van der Waals surface area contributed by atoms with Gasteiger partial charge in [0.25, 0.3) is 0 Å². The molecule has 0 aliphatic carbocycles. The number of nitrogens with two attached hydrogens (primary N) is 1. The summed E-state index contributed by atoms with van der Waals surface area (Å²) in [6.07, 6.45) is 0. The predicted octanol–water partition coefficient (Wildman–Crippen LogP) is 1.87. The first-order valence-corrected chi connectivity index (χ1v) is 5.61. The zero-order chi connectivity index (χ0) is 12.9. The van der Waals surface area contributed by atoms with Gasteiger partial charge in [-0.2, -0.15) is 0 Å². The van der Waals surface area contributed by atoms with Gasteiger partial charge in [0.2, 0.25) is 0 Å². The molecule has 0 fully saturated rings. The molecule has 0 amide bonds. The van der Waals surface area contributed by atoms with E-state index in [1.54, 1.807) is 6.07 Å². The molecule has 0 bridgehead atoms. The number of ether oxygens (including phenoxy) is 1. The second-order valence-electron chi connectivity index (χ2n) is 4.76. The fraction of sp³-hybridized carbons (Fsp3) is 0.462. The summed E-state index contributed by atoms with van der Waals surface area (Å²) in [6, 6.07) is 7.29. The van der Waals surface area contributed by atoms with Gasteiger partial charge < -0.3 is 15.8 Å². The molecule has 4 heteroatoms. The van der Waals surface area contributed by atoms with Crippen LogP contribution in [0.2, 0.25) is 0 Å². The van der Waals surface area contributed by atoms with Crippen LogP contribution in [0.3, 0.4) is 0 Å². The van der Waals surface area contributed by atoms with E-state index in [2.05, 4.69) is 19.2 Å². The number of hydrogen-bond acceptors (Lipinski definition) is 4. The summed E-state index contributed by atoms with van der Waals surface area (Å²) in [6.45, 7) is 5.43. The maximum absolute atomic E-state index is 11.5. The third-order valence-corrected chi connectivity index (χ3v) is 2.64. The maximum Gasteiger partial charge on any atom is 0.339 e. The van der Waals surface area contributed by atoms with Gasteiger partial charge in [0.05, 0.1) is 12.7 Å². The number of benzene rings is 1. The molecule has 0 heterocycles. The Kier molecular flexibility index (Phi) is 4.52. The highest BCUT2D eigenvalue weighted by Gasteiger charge is 2.17. The predicted molar refractivity (Wildman–Crippen MR) is 69.1 cm³/mol. The van der Waals surface area contributed by atoms with Crippen molar-refractivity contribution in [1.82, 2.24) is 0 Å². The minimum absolute atomic E-state index is 0.0107. The molecule has 3 N–H and O–H groups in total. The van der Waals surface area contributed by atoms with Gasteiger partial charge in [-0.1, -0.05) is 26.0 Å². The van der Waals surface area contributed by atoms with E-state index in [-0.39, 0.29) is 11.4 Å². The lowest BCUT2D eigenvalue weighted by atomic mass is 9.93. The van der Waals surface area contributed by atoms with E-state index < -0.39 is 0 Å². The number of carbonyl (C=O) groups excluding carboxylic acids is 1. The molecule has 0 aliphatic rings. The minimum Gasteiger partial charge on any atom is -0.465 e. The van der Waals surface area contributed by atoms with Gasteiger partial charge in [-0.3, -0.25) is 0 Å². The van der Waals surface area contributed by atoms with Crippen LogP contribution in [0.15, 0.2) is 24.3 Å². The van der Waals surface area contributed by atoms with Crippen LogP contribution >= 0.6 is 0 Å². The topological polar surface area (TPSA) is 64.3 Å². The van der Waals surface area contributed by atoms with Gasteiger partial charge in [0.15, 0.2) is 0 Å². The molecule has 17 heavy (non-hydrogen) atoms. The second kappa shape index (κ2) is 5.68. The van der Waals surface area contributed by atoms with Crippen LogP contribution in [-0.2, 0) is 4.74 Å². The molecular weight excluding hydrogens is 216 g/mol. The lowest BCUT2D eigenvalue weighted by Crippen LogP contribution is -2.31. The van der Waals surface area contributed by atoms with Crippen LogP contribution in [-0.4, -0.2) is 26.2 Å². The van der Waals surface area contributed by atoms with Crippen molar-refractivity contribution < 1.29 is 9.53 Å². The Bertz CT molecular complexity index is 389. The Balaban J connectivity index is 2.81. The van der Waals surface area contributed by atoms with Crippen LogP contribution in [0.4, 0.5) is 5.69 Å². The third kappa shape index (κ3) is 3.75. The number of hydrogen-bond donors (Lipinski definition) is 2. The Labute approximate surface area is 102 Å². The first-order valence-electron chi connectivity index (χ1n) is 5.61. The van der Waals surface area contributed by atoms with E-state index >= 15 is 0 Å². The Morgan fingerprint density at radius 3 is 2.65 bits per heavy atom. The van der Waals surface area contributed by atoms with Crippen molar-refractivity contribution in [2.24, 2.45) is 11.1 Å². The molecule has 0 radical (unpaired) electrons. The number of carbonyl (C=O) groups is 1. The quantitative estimate of drug-likeness (QED) is 0.766. The first-order chi connectivity index (χ1) is 8.00. The Hall–Kier alpha value is -1.55. The fourth-order valence-electron chi connectivity index (χ4n) is 1.33. The van der Waals surface area contributed by atoms with Crippen molar-refractivity contribution in [3.8, 4) is 0 Å². The number of anilines is 1. The van der Waals surface area contributed by atoms with Gasteiger partial charge in [0, 0.05) is 12.2 Å². The molecule has 0 saturated carbocycles. The monoisotopic (exact) mass is 236 g/mol. The summed E-state index contributed by atoms with van der Waals surface area (Å²) in [5.41, 5.74) is 6.98. The standard InChI is InChI=1S/C13H20N2O2/c1-13(2,8-14)9-15-11-7-5-4-6-10(11)12(16)17-3/h4-7,15H,8-9,14H2,1-3H3. The largest absolute Gasteiger partial charge is 0.465 e. The van der Waals surface area contributed by atoms with E-state index in [0.717, 1.165) is 5.69 Å². The SMILES string of the molecule is COC(=O)c1ccccc1NCC(C)(C)CN. The average molecular weight is 236 g/mol. The molecule has 0 spiro atoms. The van der Waals surface area contributed by atoms with E-state index in [0.29, 0.717) is 18.7 Å². The maximum atomic E-state index is 11.5. The molecule has 0 aromatic heterocycles. The zero-order valence-corrected chi connectivity index (χ0v) is 10.6. The molecule has 0 aliphatic heterocycles. The van der Waals surface area contributed by atoms with E-state index in [1.807, 2.05) is 18.2 Å². The molecule has 0 atom stereocenters. The molecule has 1 aromatic carbocycles. The molecule has 0 unspecified atom stereocenters. The van der Waals surface area contributed by atoms with Gasteiger partial charge in [-0.05, 0) is 24.1 Å².